The Balaban J connectivity index is 1.08. The minimum absolute atomic E-state index is 0.366. The molecule has 0 amide bonds. The van der Waals surface area contributed by atoms with E-state index in [-0.39, 0.29) is 0 Å². The highest BCUT2D eigenvalue weighted by Gasteiger charge is 2.38. The topological polar surface area (TPSA) is 0 Å². The summed E-state index contributed by atoms with van der Waals surface area (Å²) in [6, 6.07) is 43.7. The number of hydrogen-bond acceptors (Lipinski definition) is 0. The average Bonchev–Trinajstić information content (AvgIpc) is 3.22. The van der Waals surface area contributed by atoms with E-state index in [0.29, 0.717) is 11.8 Å². The lowest BCUT2D eigenvalue weighted by Crippen LogP contribution is -2.29. The molecule has 54 heavy (non-hydrogen) atoms. The molecule has 0 nitrogen and oxygen atoms in total. The molecule has 2 atom stereocenters. The molecular formula is C54H36. The van der Waals surface area contributed by atoms with Crippen LogP contribution in [0.15, 0.2) is 192 Å². The van der Waals surface area contributed by atoms with Gasteiger partial charge in [-0.05, 0) is 135 Å². The van der Waals surface area contributed by atoms with E-state index >= 15 is 0 Å². The van der Waals surface area contributed by atoms with Crippen molar-refractivity contribution in [2.45, 2.75) is 13.8 Å². The second-order valence-electron chi connectivity index (χ2n) is 15.6. The van der Waals surface area contributed by atoms with Gasteiger partial charge in [-0.25, -0.2) is 0 Å². The van der Waals surface area contributed by atoms with Gasteiger partial charge in [-0.2, -0.15) is 0 Å². The van der Waals surface area contributed by atoms with E-state index in [0.717, 1.165) is 0 Å². The van der Waals surface area contributed by atoms with Gasteiger partial charge >= 0.3 is 0 Å². The first-order valence-corrected chi connectivity index (χ1v) is 19.2. The fourth-order valence-electron chi connectivity index (χ4n) is 10.5. The Labute approximate surface area is 315 Å². The summed E-state index contributed by atoms with van der Waals surface area (Å²) in [5, 5.41) is 13.1. The molecular weight excluding hydrogens is 649 g/mol. The van der Waals surface area contributed by atoms with Crippen molar-refractivity contribution >= 4 is 59.4 Å². The Bertz CT molecular complexity index is 3150. The highest BCUT2D eigenvalue weighted by Crippen LogP contribution is 2.52. The predicted octanol–water partition coefficient (Wildman–Crippen LogP) is 14.3. The van der Waals surface area contributed by atoms with Crippen molar-refractivity contribution in [1.29, 1.82) is 0 Å². The van der Waals surface area contributed by atoms with Crippen LogP contribution in [0.5, 0.6) is 0 Å². The lowest BCUT2D eigenvalue weighted by Gasteiger charge is -2.40. The van der Waals surface area contributed by atoms with Gasteiger partial charge in [-0.15, -0.1) is 0 Å². The first-order chi connectivity index (χ1) is 26.6. The van der Waals surface area contributed by atoms with Gasteiger partial charge in [0.1, 0.15) is 0 Å². The normalized spacial score (nSPS) is 18.6. The molecule has 8 aromatic carbocycles. The maximum Gasteiger partial charge on any atom is 0.0205 e. The SMILES string of the molecule is Cc1cc(-c2c3ccccc3c(-c3ccc4ccc5cccc6ccc3c4c56)c3ccccc23)c(C)cc1C1=C2C=CC3=CC=CC4=CC=C(C=C1)C2C34. The zero-order valence-corrected chi connectivity index (χ0v) is 30.3. The van der Waals surface area contributed by atoms with Crippen molar-refractivity contribution in [2.75, 3.05) is 0 Å². The second-order valence-corrected chi connectivity index (χ2v) is 15.6. The smallest absolute Gasteiger partial charge is 0.0205 e. The molecule has 0 radical (unpaired) electrons. The third kappa shape index (κ3) is 4.03. The quantitative estimate of drug-likeness (QED) is 0.128. The molecule has 0 saturated heterocycles. The summed E-state index contributed by atoms with van der Waals surface area (Å²) in [4.78, 5) is 0. The van der Waals surface area contributed by atoms with Crippen LogP contribution in [0.2, 0.25) is 0 Å². The molecule has 0 heterocycles. The summed E-state index contributed by atoms with van der Waals surface area (Å²) >= 11 is 0. The monoisotopic (exact) mass is 684 g/mol. The van der Waals surface area contributed by atoms with Crippen molar-refractivity contribution in [3.05, 3.63) is 209 Å². The fourth-order valence-corrected chi connectivity index (χ4v) is 10.5. The van der Waals surface area contributed by atoms with Crippen LogP contribution in [0, 0.1) is 25.7 Å². The molecule has 0 aliphatic heterocycles. The van der Waals surface area contributed by atoms with Crippen LogP contribution >= 0.6 is 0 Å². The molecule has 0 fully saturated rings. The number of rotatable bonds is 3. The third-order valence-corrected chi connectivity index (χ3v) is 12.9. The Morgan fingerprint density at radius 2 is 0.944 bits per heavy atom. The summed E-state index contributed by atoms with van der Waals surface area (Å²) in [5.41, 5.74) is 16.2. The van der Waals surface area contributed by atoms with Crippen LogP contribution in [-0.4, -0.2) is 0 Å². The highest BCUT2D eigenvalue weighted by molar-refractivity contribution is 6.29. The maximum atomic E-state index is 2.47. The van der Waals surface area contributed by atoms with Gasteiger partial charge in [0.2, 0.25) is 0 Å². The highest BCUT2D eigenvalue weighted by atomic mass is 14.4. The molecule has 252 valence electrons. The van der Waals surface area contributed by atoms with E-state index in [2.05, 4.69) is 184 Å². The predicted molar refractivity (Wildman–Crippen MR) is 231 cm³/mol. The Kier molecular flexibility index (Phi) is 6.12. The second kappa shape index (κ2) is 11.0. The average molecular weight is 685 g/mol. The van der Waals surface area contributed by atoms with Crippen LogP contribution in [-0.2, 0) is 0 Å². The Morgan fingerprint density at radius 3 is 1.67 bits per heavy atom. The van der Waals surface area contributed by atoms with Crippen LogP contribution in [0.1, 0.15) is 16.7 Å². The zero-order valence-electron chi connectivity index (χ0n) is 30.3. The first kappa shape index (κ1) is 30.0. The number of allylic oxidation sites excluding steroid dienone is 14. The Morgan fingerprint density at radius 1 is 0.389 bits per heavy atom. The van der Waals surface area contributed by atoms with Crippen molar-refractivity contribution < 1.29 is 0 Å². The summed E-state index contributed by atoms with van der Waals surface area (Å²) < 4.78 is 0. The molecule has 12 rings (SSSR count). The van der Waals surface area contributed by atoms with E-state index in [1.807, 2.05) is 0 Å². The van der Waals surface area contributed by atoms with E-state index in [4.69, 9.17) is 0 Å². The number of benzene rings is 8. The lowest BCUT2D eigenvalue weighted by molar-refractivity contribution is 0.566. The molecule has 0 saturated carbocycles. The fraction of sp³-hybridized carbons (Fsp3) is 0.0741. The minimum Gasteiger partial charge on any atom is -0.0617 e. The molecule has 0 bridgehead atoms. The van der Waals surface area contributed by atoms with Crippen molar-refractivity contribution in [3.63, 3.8) is 0 Å². The summed E-state index contributed by atoms with van der Waals surface area (Å²) in [7, 11) is 0. The summed E-state index contributed by atoms with van der Waals surface area (Å²) in [6.45, 7) is 4.62. The molecule has 4 aliphatic carbocycles. The number of fused-ring (bicyclic) bond motifs is 2. The molecule has 2 unspecified atom stereocenters. The van der Waals surface area contributed by atoms with Gasteiger partial charge in [0, 0.05) is 11.8 Å². The van der Waals surface area contributed by atoms with Gasteiger partial charge < -0.3 is 0 Å². The van der Waals surface area contributed by atoms with E-state index in [1.54, 1.807) is 0 Å². The van der Waals surface area contributed by atoms with Crippen molar-refractivity contribution in [2.24, 2.45) is 11.8 Å². The Hall–Kier alpha value is -6.50. The maximum absolute atomic E-state index is 2.47. The lowest BCUT2D eigenvalue weighted by atomic mass is 9.63. The van der Waals surface area contributed by atoms with E-state index < -0.39 is 0 Å². The molecule has 0 spiro atoms. The van der Waals surface area contributed by atoms with Gasteiger partial charge in [0.05, 0.1) is 0 Å². The van der Waals surface area contributed by atoms with Crippen molar-refractivity contribution in [3.8, 4) is 22.3 Å². The van der Waals surface area contributed by atoms with Crippen LogP contribution in [0.4, 0.5) is 0 Å². The van der Waals surface area contributed by atoms with Gasteiger partial charge in [-0.3, -0.25) is 0 Å². The number of aryl methyl sites for hydroxylation is 2. The van der Waals surface area contributed by atoms with Crippen molar-refractivity contribution in [1.82, 2.24) is 0 Å². The zero-order chi connectivity index (χ0) is 35.7. The third-order valence-electron chi connectivity index (χ3n) is 12.9. The first-order valence-electron chi connectivity index (χ1n) is 19.2. The molecule has 4 aliphatic rings. The standard InChI is InChI=1S/C54H36/c1-31-30-48(32(2)29-47(31)39-25-21-37-19-17-33-9-7-11-35-22-26-44(39)51(37)49(33)35)54-42-15-5-3-13-40(42)53(41-14-4-6-16-43(41)54)46-28-24-38-20-18-34-10-8-12-36-23-27-45(46)52(38)50(34)36/h3-30,49,51H,1-2H3. The van der Waals surface area contributed by atoms with Crippen LogP contribution in [0.3, 0.4) is 0 Å². The molecule has 0 aromatic heterocycles. The molecule has 0 N–H and O–H groups in total. The van der Waals surface area contributed by atoms with Crippen LogP contribution < -0.4 is 0 Å². The van der Waals surface area contributed by atoms with Gasteiger partial charge in [0.25, 0.3) is 0 Å². The largest absolute Gasteiger partial charge is 0.0617 e. The van der Waals surface area contributed by atoms with Crippen LogP contribution in [0.25, 0.3) is 81.7 Å². The molecule has 8 aromatic rings. The van der Waals surface area contributed by atoms with Gasteiger partial charge in [-0.1, -0.05) is 170 Å². The minimum atomic E-state index is 0.366. The molecule has 0 heteroatoms. The van der Waals surface area contributed by atoms with E-state index in [9.17, 15) is 0 Å². The summed E-state index contributed by atoms with van der Waals surface area (Å²) in [6.07, 6.45) is 20.9. The number of hydrogen-bond donors (Lipinski definition) is 0. The van der Waals surface area contributed by atoms with Gasteiger partial charge in [0.15, 0.2) is 0 Å². The van der Waals surface area contributed by atoms with E-state index in [1.165, 1.54) is 121 Å². The summed E-state index contributed by atoms with van der Waals surface area (Å²) in [5.74, 6) is 0.769.